The van der Waals surface area contributed by atoms with Gasteiger partial charge in [-0.25, -0.2) is 8.78 Å². The van der Waals surface area contributed by atoms with Crippen LogP contribution in [-0.2, 0) is 0 Å². The van der Waals surface area contributed by atoms with Gasteiger partial charge in [0.1, 0.15) is 0 Å². The number of rotatable bonds is 3. The minimum atomic E-state index is -2.28. The SMILES string of the molecule is C/N=C\N(C)CC(F)F. The summed E-state index contributed by atoms with van der Waals surface area (Å²) in [6.45, 7) is -0.253. The summed E-state index contributed by atoms with van der Waals surface area (Å²) in [4.78, 5) is 4.89. The van der Waals surface area contributed by atoms with Gasteiger partial charge in [0.2, 0.25) is 0 Å². The Balaban J connectivity index is 3.38. The van der Waals surface area contributed by atoms with E-state index in [1.165, 1.54) is 11.2 Å². The summed E-state index contributed by atoms with van der Waals surface area (Å²) < 4.78 is 23.0. The van der Waals surface area contributed by atoms with Crippen molar-refractivity contribution in [2.75, 3.05) is 20.6 Å². The van der Waals surface area contributed by atoms with Crippen LogP contribution in [-0.4, -0.2) is 38.3 Å². The van der Waals surface area contributed by atoms with Gasteiger partial charge in [0, 0.05) is 14.1 Å². The predicted octanol–water partition coefficient (Wildman–Crippen LogP) is 0.841. The van der Waals surface area contributed by atoms with Gasteiger partial charge < -0.3 is 4.90 Å². The minimum absolute atomic E-state index is 0.253. The molecule has 0 rings (SSSR count). The molecule has 0 N–H and O–H groups in total. The molecule has 0 amide bonds. The van der Waals surface area contributed by atoms with Crippen molar-refractivity contribution in [3.63, 3.8) is 0 Å². The molecule has 0 aliphatic heterocycles. The van der Waals surface area contributed by atoms with Crippen LogP contribution in [0.2, 0.25) is 0 Å². The molecule has 0 saturated carbocycles. The molecular weight excluding hydrogens is 126 g/mol. The molecule has 0 aliphatic carbocycles. The first-order chi connectivity index (χ1) is 4.16. The van der Waals surface area contributed by atoms with Crippen molar-refractivity contribution in [3.8, 4) is 0 Å². The molecule has 0 fully saturated rings. The molecular formula is C5H10F2N2. The number of nitrogens with zero attached hydrogens (tertiary/aromatic N) is 2. The van der Waals surface area contributed by atoms with Crippen molar-refractivity contribution >= 4 is 6.34 Å². The fraction of sp³-hybridized carbons (Fsp3) is 0.800. The Morgan fingerprint density at radius 2 is 2.22 bits per heavy atom. The van der Waals surface area contributed by atoms with Crippen molar-refractivity contribution in [1.82, 2.24) is 4.90 Å². The van der Waals surface area contributed by atoms with Gasteiger partial charge in [-0.3, -0.25) is 4.99 Å². The first-order valence-electron chi connectivity index (χ1n) is 2.57. The standard InChI is InChI=1S/C5H10F2N2/c1-8-4-9(2)3-5(6)7/h4-5H,3H2,1-2H3/b8-4-. The lowest BCUT2D eigenvalue weighted by Gasteiger charge is -2.10. The average molecular weight is 136 g/mol. The zero-order chi connectivity index (χ0) is 7.28. The Bertz CT molecular complexity index is 93.0. The summed E-state index contributed by atoms with van der Waals surface area (Å²) in [6, 6.07) is 0. The summed E-state index contributed by atoms with van der Waals surface area (Å²) in [5.74, 6) is 0. The summed E-state index contributed by atoms with van der Waals surface area (Å²) in [6.07, 6.45) is -0.917. The second kappa shape index (κ2) is 4.23. The van der Waals surface area contributed by atoms with E-state index in [9.17, 15) is 8.78 Å². The highest BCUT2D eigenvalue weighted by Crippen LogP contribution is 1.92. The zero-order valence-corrected chi connectivity index (χ0v) is 5.51. The summed E-state index contributed by atoms with van der Waals surface area (Å²) in [5.41, 5.74) is 0. The second-order valence-corrected chi connectivity index (χ2v) is 1.70. The third kappa shape index (κ3) is 5.20. The molecule has 0 atom stereocenters. The molecule has 0 heterocycles. The van der Waals surface area contributed by atoms with Crippen LogP contribution in [0.1, 0.15) is 0 Å². The molecule has 0 aromatic rings. The lowest BCUT2D eigenvalue weighted by molar-refractivity contribution is 0.125. The number of alkyl halides is 2. The Labute approximate surface area is 53.2 Å². The van der Waals surface area contributed by atoms with Crippen molar-refractivity contribution in [3.05, 3.63) is 0 Å². The third-order valence-electron chi connectivity index (χ3n) is 0.739. The number of aliphatic imine (C=N–C) groups is 1. The van der Waals surface area contributed by atoms with Gasteiger partial charge >= 0.3 is 0 Å². The van der Waals surface area contributed by atoms with Crippen LogP contribution in [0.25, 0.3) is 0 Å². The van der Waals surface area contributed by atoms with Gasteiger partial charge in [-0.15, -0.1) is 0 Å². The van der Waals surface area contributed by atoms with E-state index in [4.69, 9.17) is 0 Å². The molecule has 9 heavy (non-hydrogen) atoms. The molecule has 0 radical (unpaired) electrons. The number of hydrogen-bond donors (Lipinski definition) is 0. The van der Waals surface area contributed by atoms with Gasteiger partial charge in [-0.05, 0) is 0 Å². The highest BCUT2D eigenvalue weighted by molar-refractivity contribution is 5.53. The van der Waals surface area contributed by atoms with Crippen molar-refractivity contribution in [2.24, 2.45) is 4.99 Å². The third-order valence-corrected chi connectivity index (χ3v) is 0.739. The maximum atomic E-state index is 11.5. The van der Waals surface area contributed by atoms with Crippen LogP contribution in [0, 0.1) is 0 Å². The van der Waals surface area contributed by atoms with Crippen molar-refractivity contribution in [1.29, 1.82) is 0 Å². The molecule has 0 bridgehead atoms. The summed E-state index contributed by atoms with van der Waals surface area (Å²) in [7, 11) is 3.10. The normalized spacial score (nSPS) is 11.2. The van der Waals surface area contributed by atoms with Crippen LogP contribution in [0.4, 0.5) is 8.78 Å². The zero-order valence-electron chi connectivity index (χ0n) is 5.51. The lowest BCUT2D eigenvalue weighted by atomic mass is 10.6. The lowest BCUT2D eigenvalue weighted by Crippen LogP contribution is -2.22. The first kappa shape index (κ1) is 8.33. The van der Waals surface area contributed by atoms with Crippen molar-refractivity contribution in [2.45, 2.75) is 6.43 Å². The smallest absolute Gasteiger partial charge is 0.255 e. The van der Waals surface area contributed by atoms with Crippen LogP contribution in [0.15, 0.2) is 4.99 Å². The quantitative estimate of drug-likeness (QED) is 0.414. The highest BCUT2D eigenvalue weighted by atomic mass is 19.3. The van der Waals surface area contributed by atoms with Gasteiger partial charge in [-0.1, -0.05) is 0 Å². The Morgan fingerprint density at radius 3 is 2.56 bits per heavy atom. The molecule has 0 spiro atoms. The van der Waals surface area contributed by atoms with Gasteiger partial charge in [0.15, 0.2) is 0 Å². The Kier molecular flexibility index (Phi) is 3.92. The largest absolute Gasteiger partial charge is 0.360 e. The summed E-state index contributed by atoms with van der Waals surface area (Å²) >= 11 is 0. The van der Waals surface area contributed by atoms with E-state index in [1.807, 2.05) is 0 Å². The molecule has 0 unspecified atom stereocenters. The van der Waals surface area contributed by atoms with E-state index in [2.05, 4.69) is 4.99 Å². The van der Waals surface area contributed by atoms with Crippen LogP contribution >= 0.6 is 0 Å². The van der Waals surface area contributed by atoms with Gasteiger partial charge in [0.05, 0.1) is 12.9 Å². The van der Waals surface area contributed by atoms with E-state index >= 15 is 0 Å². The van der Waals surface area contributed by atoms with E-state index in [-0.39, 0.29) is 6.54 Å². The average Bonchev–Trinajstić information content (AvgIpc) is 1.63. The maximum absolute atomic E-state index is 11.5. The monoisotopic (exact) mass is 136 g/mol. The van der Waals surface area contributed by atoms with Crippen LogP contribution in [0.3, 0.4) is 0 Å². The maximum Gasteiger partial charge on any atom is 0.255 e. The number of hydrogen-bond acceptors (Lipinski definition) is 1. The van der Waals surface area contributed by atoms with Crippen LogP contribution < -0.4 is 0 Å². The molecule has 4 heteroatoms. The molecule has 54 valence electrons. The minimum Gasteiger partial charge on any atom is -0.360 e. The van der Waals surface area contributed by atoms with E-state index in [0.717, 1.165) is 0 Å². The molecule has 0 saturated heterocycles. The highest BCUT2D eigenvalue weighted by Gasteiger charge is 2.02. The topological polar surface area (TPSA) is 15.6 Å². The molecule has 2 nitrogen and oxygen atoms in total. The molecule has 0 aliphatic rings. The fourth-order valence-corrected chi connectivity index (χ4v) is 0.462. The molecule has 0 aromatic heterocycles. The Hall–Kier alpha value is -0.670. The number of halogens is 2. The van der Waals surface area contributed by atoms with Crippen molar-refractivity contribution < 1.29 is 8.78 Å². The van der Waals surface area contributed by atoms with Gasteiger partial charge in [-0.2, -0.15) is 0 Å². The summed E-state index contributed by atoms with van der Waals surface area (Å²) in [5, 5.41) is 0. The second-order valence-electron chi connectivity index (χ2n) is 1.70. The van der Waals surface area contributed by atoms with E-state index in [0.29, 0.717) is 0 Å². The first-order valence-corrected chi connectivity index (χ1v) is 2.57. The van der Waals surface area contributed by atoms with Gasteiger partial charge in [0.25, 0.3) is 6.43 Å². The fourth-order valence-electron chi connectivity index (χ4n) is 0.462. The Morgan fingerprint density at radius 1 is 1.67 bits per heavy atom. The van der Waals surface area contributed by atoms with Crippen LogP contribution in [0.5, 0.6) is 0 Å². The predicted molar refractivity (Wildman–Crippen MR) is 33.0 cm³/mol. The molecule has 0 aromatic carbocycles. The van der Waals surface area contributed by atoms with E-state index in [1.54, 1.807) is 14.1 Å². The van der Waals surface area contributed by atoms with E-state index < -0.39 is 6.43 Å².